The number of imidazole rings is 1. The van der Waals surface area contributed by atoms with Crippen LogP contribution in [0, 0.1) is 35.5 Å². The smallest absolute Gasteiger partial charge is 0.245 e. The van der Waals surface area contributed by atoms with E-state index in [0.717, 1.165) is 0 Å². The van der Waals surface area contributed by atoms with Crippen molar-refractivity contribution in [1.82, 2.24) is 99.9 Å². The number of primary amides is 1. The number of aromatic nitrogens is 2. The molecule has 1 aromatic heterocycles. The summed E-state index contributed by atoms with van der Waals surface area (Å²) < 4.78 is 0. The summed E-state index contributed by atoms with van der Waals surface area (Å²) in [4.78, 5) is 265. The average Bonchev–Trinajstić information content (AvgIpc) is 1.64. The van der Waals surface area contributed by atoms with Gasteiger partial charge in [-0.15, -0.1) is 0 Å². The van der Waals surface area contributed by atoms with Gasteiger partial charge in [0.15, 0.2) is 0 Å². The van der Waals surface area contributed by atoms with Gasteiger partial charge >= 0.3 is 0 Å². The number of aliphatic hydroxyl groups is 1. The number of H-pyrrole nitrogens is 1. The first-order valence-corrected chi connectivity index (χ1v) is 50.9. The van der Waals surface area contributed by atoms with Crippen molar-refractivity contribution in [3.63, 3.8) is 0 Å². The SMILES string of the molecule is CCCC[C@H](NC(=O)[C@H](Cc1cnc[nH]1)NC(=O)[C@H](C)NC(=O)[C@H](CCCC)NC(=O)[C@@H](NC(=O)[C@H](CCCCN)NC(=O)[C@@H]1CCCN1C(=O)[C@H](CC(C)C)NC(=O)[C@@H](NC(=O)[C@H](CCCCN)NC(=O)[C@H](CCCCN)NC(=O)[C@H](CC(C)C)NC(=O)[C@@H](NC(=O)[C@H](CO)NC(=O)[C@H](CC(C)C)NC(=O)[C@H](Cc1ccccc1)NC(=O)CN)[C@@H](C)CC)C(C)C)C(C)C)C(=O)N[C@@H](CCCCN)C(N)=O. The van der Waals surface area contributed by atoms with Gasteiger partial charge in [-0.1, -0.05) is 159 Å². The highest BCUT2D eigenvalue weighted by molar-refractivity contribution is 6.02. The second-order valence-electron chi connectivity index (χ2n) is 39.1. The Morgan fingerprint density at radius 3 is 1.15 bits per heavy atom. The molecule has 0 bridgehead atoms. The molecule has 0 spiro atoms. The van der Waals surface area contributed by atoms with Crippen molar-refractivity contribution < 1.29 is 91.4 Å². The Kier molecular flexibility index (Phi) is 59.1. The van der Waals surface area contributed by atoms with Gasteiger partial charge in [0.05, 0.1) is 19.5 Å². The maximum absolute atomic E-state index is 15.1. The van der Waals surface area contributed by atoms with Crippen LogP contribution in [0.2, 0.25) is 0 Å². The van der Waals surface area contributed by atoms with E-state index in [1.54, 1.807) is 99.6 Å². The van der Waals surface area contributed by atoms with Crippen LogP contribution in [-0.2, 0) is 99.1 Å². The topological polar surface area (TPSA) is 708 Å². The molecule has 44 heteroatoms. The van der Waals surface area contributed by atoms with Crippen LogP contribution in [0.1, 0.15) is 269 Å². The largest absolute Gasteiger partial charge is 0.394 e. The zero-order valence-electron chi connectivity index (χ0n) is 86.3. The van der Waals surface area contributed by atoms with E-state index < -0.39 is 240 Å². The predicted molar refractivity (Wildman–Crippen MR) is 537 cm³/mol. The number of hydrogen-bond acceptors (Lipinski definition) is 25. The lowest BCUT2D eigenvalue weighted by atomic mass is 9.96. The minimum Gasteiger partial charge on any atom is -0.394 e. The zero-order chi connectivity index (χ0) is 106. The molecular weight excluding hydrogens is 1830 g/mol. The van der Waals surface area contributed by atoms with Gasteiger partial charge in [-0.05, 0) is 196 Å². The first kappa shape index (κ1) is 125. The minimum absolute atomic E-state index is 0.000856. The average molecular weight is 2000 g/mol. The molecular formula is C98H171N25O19. The van der Waals surface area contributed by atoms with Gasteiger partial charge in [0.2, 0.25) is 106 Å². The molecule has 1 saturated heterocycles. The van der Waals surface area contributed by atoms with Crippen LogP contribution in [0.15, 0.2) is 42.9 Å². The third-order valence-electron chi connectivity index (χ3n) is 24.7. The van der Waals surface area contributed by atoms with Crippen LogP contribution in [0.4, 0.5) is 0 Å². The van der Waals surface area contributed by atoms with E-state index in [4.69, 9.17) is 34.4 Å². The number of benzene rings is 1. The first-order chi connectivity index (χ1) is 67.4. The van der Waals surface area contributed by atoms with Crippen molar-refractivity contribution >= 4 is 106 Å². The standard InChI is InChI=1S/C98H171N25O19/c1-16-19-35-66(84(128)107-62(15)83(127)115-74(51-64-53-105-55-106-64)92(136)111-67(36-20-17-2)85(129)109-65(82(104)126)37-24-28-42-99)114-95(139)79(59(10)11)120-88(132)70(40-27-31-45-102)113-94(138)77-41-32-46-123(77)98(142)75(49-58(8)9)118-96(140)80(60(12)13)121-87(131)69(39-26-30-44-101)110-86(130)68(38-25-29-43-100)112-89(133)72(48-57(6)7)117-97(141)81(61(14)18-3)122-93(137)76(54-124)119-90(134)71(47-56(4)5)116-91(135)73(108-78(125)52-103)50-63-33-22-21-23-34-63/h21-23,33-34,53,55-62,65-77,79-81,124H,16-20,24-32,35-52,54,99-103H2,1-15H3,(H2,104,126)(H,105,106)(H,107,128)(H,108,125)(H,109,129)(H,110,130)(H,111,136)(H,112,133)(H,113,138)(H,114,139)(H,115,127)(H,116,135)(H,117,141)(H,118,140)(H,119,134)(H,120,132)(H,121,131)(H,122,137)/t61-,62-,65-,66-,67-,68-,69-,70-,71-,72-,73-,74-,75-,76-,77-,79-,80-,81-/m0/s1. The Morgan fingerprint density at radius 2 is 0.739 bits per heavy atom. The molecule has 142 heavy (non-hydrogen) atoms. The number of nitrogens with zero attached hydrogens (tertiary/aromatic N) is 2. The van der Waals surface area contributed by atoms with Gasteiger partial charge in [0.25, 0.3) is 0 Å². The lowest BCUT2D eigenvalue weighted by molar-refractivity contribution is -0.143. The lowest BCUT2D eigenvalue weighted by Crippen LogP contribution is -2.62. The predicted octanol–water partition coefficient (Wildman–Crippen LogP) is -1.21. The summed E-state index contributed by atoms with van der Waals surface area (Å²) >= 11 is 0. The number of hydrogen-bond donors (Lipinski definition) is 24. The number of carbonyl (C=O) groups is 18. The van der Waals surface area contributed by atoms with Crippen LogP contribution >= 0.6 is 0 Å². The molecule has 18 atom stereocenters. The van der Waals surface area contributed by atoms with Gasteiger partial charge in [-0.3, -0.25) is 86.3 Å². The summed E-state index contributed by atoms with van der Waals surface area (Å²) in [5, 5.41) is 54.2. The minimum atomic E-state index is -1.66. The molecule has 44 nitrogen and oxygen atoms in total. The normalized spacial score (nSPS) is 16.1. The van der Waals surface area contributed by atoms with Crippen LogP contribution in [0.5, 0.6) is 0 Å². The molecule has 1 fully saturated rings. The van der Waals surface area contributed by atoms with Gasteiger partial charge in [0.1, 0.15) is 103 Å². The van der Waals surface area contributed by atoms with E-state index in [2.05, 4.69) is 95.0 Å². The number of nitrogens with two attached hydrogens (primary N) is 6. The van der Waals surface area contributed by atoms with E-state index in [9.17, 15) is 86.6 Å². The number of likely N-dealkylation sites (tertiary alicyclic amines) is 1. The highest BCUT2D eigenvalue weighted by atomic mass is 16.3. The third-order valence-corrected chi connectivity index (χ3v) is 24.7. The van der Waals surface area contributed by atoms with Crippen LogP contribution in [0.3, 0.4) is 0 Å². The Balaban J connectivity index is 1.89. The first-order valence-electron chi connectivity index (χ1n) is 50.9. The van der Waals surface area contributed by atoms with E-state index in [0.29, 0.717) is 108 Å². The van der Waals surface area contributed by atoms with Crippen molar-refractivity contribution in [3.05, 3.63) is 54.1 Å². The Hall–Kier alpha value is -11.4. The molecule has 1 aliphatic heterocycles. The number of rotatable bonds is 71. The zero-order valence-corrected chi connectivity index (χ0v) is 86.3. The van der Waals surface area contributed by atoms with E-state index in [1.807, 2.05) is 27.7 Å². The number of unbranched alkanes of at least 4 members (excludes halogenated alkanes) is 6. The van der Waals surface area contributed by atoms with Gasteiger partial charge < -0.3 is 134 Å². The summed E-state index contributed by atoms with van der Waals surface area (Å²) in [5.74, 6) is -16.4. The van der Waals surface area contributed by atoms with E-state index in [-0.39, 0.29) is 121 Å². The quantitative estimate of drug-likeness (QED) is 0.0346. The van der Waals surface area contributed by atoms with Crippen molar-refractivity contribution in [2.45, 2.75) is 374 Å². The van der Waals surface area contributed by atoms with Gasteiger partial charge in [-0.25, -0.2) is 4.98 Å². The fourth-order valence-electron chi connectivity index (χ4n) is 16.2. The Bertz CT molecular complexity index is 4280. The third kappa shape index (κ3) is 45.1. The summed E-state index contributed by atoms with van der Waals surface area (Å²) in [6.45, 7) is 25.8. The number of carbonyl (C=O) groups excluding carboxylic acids is 18. The van der Waals surface area contributed by atoms with E-state index >= 15 is 4.79 Å². The summed E-state index contributed by atoms with van der Waals surface area (Å²) in [6.07, 6.45) is 9.63. The monoisotopic (exact) mass is 2000 g/mol. The van der Waals surface area contributed by atoms with Crippen molar-refractivity contribution in [3.8, 4) is 0 Å². The Morgan fingerprint density at radius 1 is 0.387 bits per heavy atom. The van der Waals surface area contributed by atoms with Gasteiger partial charge in [0, 0.05) is 31.3 Å². The fourth-order valence-corrected chi connectivity index (χ4v) is 16.2. The number of nitrogens with one attached hydrogen (secondary N) is 17. The fraction of sp³-hybridized carbons (Fsp3) is 0.724. The number of aromatic amines is 1. The molecule has 2 heterocycles. The van der Waals surface area contributed by atoms with Gasteiger partial charge in [-0.2, -0.15) is 0 Å². The van der Waals surface area contributed by atoms with Crippen molar-refractivity contribution in [2.24, 2.45) is 69.9 Å². The summed E-state index contributed by atoms with van der Waals surface area (Å²) in [6, 6.07) is -13.2. The maximum atomic E-state index is 15.1. The second-order valence-corrected chi connectivity index (χ2v) is 39.1. The Labute approximate surface area is 837 Å². The second kappa shape index (κ2) is 67.2. The molecule has 1 aromatic carbocycles. The summed E-state index contributed by atoms with van der Waals surface area (Å²) in [7, 11) is 0. The molecule has 0 aliphatic carbocycles. The van der Waals surface area contributed by atoms with Crippen molar-refractivity contribution in [1.29, 1.82) is 0 Å². The molecule has 0 unspecified atom stereocenters. The summed E-state index contributed by atoms with van der Waals surface area (Å²) in [5.41, 5.74) is 35.8. The molecule has 802 valence electrons. The van der Waals surface area contributed by atoms with Crippen molar-refractivity contribution in [2.75, 3.05) is 45.9 Å². The lowest BCUT2D eigenvalue weighted by Gasteiger charge is -2.32. The maximum Gasteiger partial charge on any atom is 0.245 e. The number of amides is 18. The van der Waals surface area contributed by atoms with Crippen LogP contribution < -0.4 is 119 Å². The molecule has 1 aliphatic rings. The highest BCUT2D eigenvalue weighted by Crippen LogP contribution is 2.24. The van der Waals surface area contributed by atoms with Crippen LogP contribution in [-0.4, -0.2) is 275 Å². The molecule has 0 radical (unpaired) electrons. The van der Waals surface area contributed by atoms with Crippen LogP contribution in [0.25, 0.3) is 0 Å². The molecule has 3 rings (SSSR count). The molecule has 2 aromatic rings. The highest BCUT2D eigenvalue weighted by Gasteiger charge is 2.44. The van der Waals surface area contributed by atoms with E-state index in [1.165, 1.54) is 24.3 Å². The molecule has 18 amide bonds. The number of aliphatic hydroxyl groups excluding tert-OH is 1. The molecule has 30 N–H and O–H groups in total. The molecule has 0 saturated carbocycles.